The SMILES string of the molecule is c1ccc(-c2cccc(-c3ccc4c(c3)c3cc(-c5cccc(-c6ccccc6)c5)ccc3n4-c3ccc(-c4nc5ccccc5nc4-c4ccccc4)cc3)c2)cc1. The molecule has 0 bridgehead atoms. The highest BCUT2D eigenvalue weighted by Gasteiger charge is 2.17. The molecule has 0 spiro atoms. The molecule has 0 aliphatic heterocycles. The molecule has 11 aromatic rings. The number of rotatable bonds is 7. The van der Waals surface area contributed by atoms with E-state index < -0.39 is 0 Å². The summed E-state index contributed by atoms with van der Waals surface area (Å²) in [5, 5.41) is 2.42. The first-order valence-corrected chi connectivity index (χ1v) is 20.1. The van der Waals surface area contributed by atoms with Crippen LogP contribution in [-0.2, 0) is 0 Å². The fraction of sp³-hybridized carbons (Fsp3) is 0. The minimum atomic E-state index is 0.869. The molecule has 0 saturated carbocycles. The topological polar surface area (TPSA) is 30.7 Å². The van der Waals surface area contributed by atoms with Gasteiger partial charge in [0.15, 0.2) is 0 Å². The highest BCUT2D eigenvalue weighted by Crippen LogP contribution is 2.39. The van der Waals surface area contributed by atoms with Gasteiger partial charge in [0.2, 0.25) is 0 Å². The second-order valence-corrected chi connectivity index (χ2v) is 15.0. The Bertz CT molecular complexity index is 3150. The molecule has 11 rings (SSSR count). The lowest BCUT2D eigenvalue weighted by Crippen LogP contribution is -1.97. The lowest BCUT2D eigenvalue weighted by molar-refractivity contribution is 1.18. The Labute approximate surface area is 343 Å². The lowest BCUT2D eigenvalue weighted by Gasteiger charge is -2.13. The van der Waals surface area contributed by atoms with Crippen LogP contribution in [-0.4, -0.2) is 14.5 Å². The average molecular weight is 752 g/mol. The zero-order valence-corrected chi connectivity index (χ0v) is 32.2. The summed E-state index contributed by atoms with van der Waals surface area (Å²) in [6.07, 6.45) is 0. The summed E-state index contributed by atoms with van der Waals surface area (Å²) in [5.74, 6) is 0. The van der Waals surface area contributed by atoms with Gasteiger partial charge in [-0.2, -0.15) is 0 Å². The Balaban J connectivity index is 1.07. The van der Waals surface area contributed by atoms with Crippen LogP contribution in [0.15, 0.2) is 224 Å². The van der Waals surface area contributed by atoms with Crippen molar-refractivity contribution in [2.75, 3.05) is 0 Å². The van der Waals surface area contributed by atoms with Crippen LogP contribution in [0.3, 0.4) is 0 Å². The zero-order valence-electron chi connectivity index (χ0n) is 32.2. The van der Waals surface area contributed by atoms with Gasteiger partial charge in [-0.25, -0.2) is 9.97 Å². The van der Waals surface area contributed by atoms with Crippen LogP contribution in [0, 0.1) is 0 Å². The maximum absolute atomic E-state index is 5.17. The number of para-hydroxylation sites is 2. The van der Waals surface area contributed by atoms with Gasteiger partial charge in [0.05, 0.1) is 33.5 Å². The van der Waals surface area contributed by atoms with Crippen molar-refractivity contribution in [2.24, 2.45) is 0 Å². The molecule has 0 unspecified atom stereocenters. The Morgan fingerprint density at radius 1 is 0.254 bits per heavy atom. The first-order valence-electron chi connectivity index (χ1n) is 20.1. The fourth-order valence-corrected chi connectivity index (χ4v) is 8.45. The number of aromatic nitrogens is 3. The molecule has 0 amide bonds. The normalized spacial score (nSPS) is 11.4. The van der Waals surface area contributed by atoms with Crippen molar-refractivity contribution in [1.29, 1.82) is 0 Å². The molecule has 0 N–H and O–H groups in total. The minimum Gasteiger partial charge on any atom is -0.309 e. The van der Waals surface area contributed by atoms with Gasteiger partial charge in [-0.3, -0.25) is 0 Å². The first kappa shape index (κ1) is 34.4. The quantitative estimate of drug-likeness (QED) is 0.162. The minimum absolute atomic E-state index is 0.869. The van der Waals surface area contributed by atoms with Gasteiger partial charge in [0, 0.05) is 27.6 Å². The van der Waals surface area contributed by atoms with Gasteiger partial charge in [-0.1, -0.05) is 164 Å². The van der Waals surface area contributed by atoms with Gasteiger partial charge in [0.25, 0.3) is 0 Å². The summed E-state index contributed by atoms with van der Waals surface area (Å²) in [4.78, 5) is 10.3. The molecular weight excluding hydrogens is 715 g/mol. The maximum atomic E-state index is 5.17. The molecule has 3 nitrogen and oxygen atoms in total. The second kappa shape index (κ2) is 14.6. The fourth-order valence-electron chi connectivity index (χ4n) is 8.45. The Hall–Kier alpha value is -7.88. The second-order valence-electron chi connectivity index (χ2n) is 15.0. The predicted octanol–water partition coefficient (Wildman–Crippen LogP) is 14.7. The van der Waals surface area contributed by atoms with Crippen molar-refractivity contribution in [2.45, 2.75) is 0 Å². The van der Waals surface area contributed by atoms with Gasteiger partial charge in [0.1, 0.15) is 0 Å². The first-order chi connectivity index (χ1) is 29.2. The van der Waals surface area contributed by atoms with E-state index in [0.717, 1.165) is 50.3 Å². The monoisotopic (exact) mass is 751 g/mol. The van der Waals surface area contributed by atoms with Crippen LogP contribution in [0.2, 0.25) is 0 Å². The largest absolute Gasteiger partial charge is 0.309 e. The molecule has 0 aliphatic rings. The summed E-state index contributed by atoms with van der Waals surface area (Å²) >= 11 is 0. The molecule has 9 aromatic carbocycles. The van der Waals surface area contributed by atoms with E-state index in [0.29, 0.717) is 0 Å². The smallest absolute Gasteiger partial charge is 0.0973 e. The van der Waals surface area contributed by atoms with E-state index in [4.69, 9.17) is 9.97 Å². The van der Waals surface area contributed by atoms with Gasteiger partial charge < -0.3 is 4.57 Å². The van der Waals surface area contributed by atoms with E-state index >= 15 is 0 Å². The van der Waals surface area contributed by atoms with Crippen molar-refractivity contribution < 1.29 is 0 Å². The summed E-state index contributed by atoms with van der Waals surface area (Å²) in [7, 11) is 0. The molecule has 276 valence electrons. The molecule has 3 heteroatoms. The van der Waals surface area contributed by atoms with Crippen molar-refractivity contribution in [3.8, 4) is 72.7 Å². The van der Waals surface area contributed by atoms with E-state index in [1.165, 1.54) is 55.3 Å². The van der Waals surface area contributed by atoms with Crippen LogP contribution in [0.25, 0.3) is 106 Å². The van der Waals surface area contributed by atoms with Crippen LogP contribution in [0.1, 0.15) is 0 Å². The molecule has 0 aliphatic carbocycles. The zero-order chi connectivity index (χ0) is 39.1. The van der Waals surface area contributed by atoms with E-state index in [1.54, 1.807) is 0 Å². The Kier molecular flexibility index (Phi) is 8.49. The molecule has 0 radical (unpaired) electrons. The number of hydrogen-bond acceptors (Lipinski definition) is 2. The summed E-state index contributed by atoms with van der Waals surface area (Å²) < 4.78 is 2.40. The summed E-state index contributed by atoms with van der Waals surface area (Å²) in [5.41, 5.74) is 18.6. The molecule has 59 heavy (non-hydrogen) atoms. The van der Waals surface area contributed by atoms with Gasteiger partial charge in [-0.15, -0.1) is 0 Å². The Morgan fingerprint density at radius 3 is 1.05 bits per heavy atom. The van der Waals surface area contributed by atoms with Crippen molar-refractivity contribution in [1.82, 2.24) is 14.5 Å². The van der Waals surface area contributed by atoms with Crippen LogP contribution >= 0.6 is 0 Å². The van der Waals surface area contributed by atoms with Crippen LogP contribution in [0.4, 0.5) is 0 Å². The Morgan fingerprint density at radius 2 is 0.593 bits per heavy atom. The van der Waals surface area contributed by atoms with E-state index in [1.807, 2.05) is 30.3 Å². The molecule has 0 saturated heterocycles. The third-order valence-electron chi connectivity index (χ3n) is 11.4. The van der Waals surface area contributed by atoms with Crippen molar-refractivity contribution in [3.63, 3.8) is 0 Å². The number of fused-ring (bicyclic) bond motifs is 4. The molecule has 0 atom stereocenters. The highest BCUT2D eigenvalue weighted by atomic mass is 15.0. The summed E-state index contributed by atoms with van der Waals surface area (Å²) in [6.45, 7) is 0. The van der Waals surface area contributed by atoms with Crippen LogP contribution < -0.4 is 0 Å². The van der Waals surface area contributed by atoms with Crippen LogP contribution in [0.5, 0.6) is 0 Å². The average Bonchev–Trinajstić information content (AvgIpc) is 3.65. The number of hydrogen-bond donors (Lipinski definition) is 0. The molecular formula is C56H37N3. The van der Waals surface area contributed by atoms with Gasteiger partial charge in [-0.05, 0) is 105 Å². The molecule has 2 heterocycles. The third-order valence-corrected chi connectivity index (χ3v) is 11.4. The molecule has 0 fully saturated rings. The van der Waals surface area contributed by atoms with E-state index in [-0.39, 0.29) is 0 Å². The van der Waals surface area contributed by atoms with E-state index in [9.17, 15) is 0 Å². The predicted molar refractivity (Wildman–Crippen MR) is 246 cm³/mol. The van der Waals surface area contributed by atoms with Crippen molar-refractivity contribution in [3.05, 3.63) is 224 Å². The molecule has 2 aromatic heterocycles. The van der Waals surface area contributed by atoms with Crippen molar-refractivity contribution >= 4 is 32.8 Å². The van der Waals surface area contributed by atoms with Gasteiger partial charge >= 0.3 is 0 Å². The maximum Gasteiger partial charge on any atom is 0.0973 e. The standard InChI is InChI=1S/C56H37N3/c1-4-14-38(15-5-1)42-20-12-22-44(34-42)46-28-32-53-49(36-46)50-37-47(45-23-13-21-43(35-45)39-16-6-2-7-17-39)29-33-54(50)59(53)48-30-26-41(27-31-48)56-55(40-18-8-3-9-19-40)57-51-24-10-11-25-52(51)58-56/h1-37H. The highest BCUT2D eigenvalue weighted by molar-refractivity contribution is 6.12. The van der Waals surface area contributed by atoms with E-state index in [2.05, 4.69) is 199 Å². The number of benzene rings is 9. The third kappa shape index (κ3) is 6.36. The number of nitrogens with zero attached hydrogens (tertiary/aromatic N) is 3. The summed E-state index contributed by atoms with van der Waals surface area (Å²) in [6, 6.07) is 80.0. The lowest BCUT2D eigenvalue weighted by atomic mass is 9.96.